The van der Waals surface area contributed by atoms with E-state index >= 15 is 0 Å². The first kappa shape index (κ1) is 15.0. The molecule has 2 N–H and O–H groups in total. The van der Waals surface area contributed by atoms with Gasteiger partial charge in [0.05, 0.1) is 11.3 Å². The monoisotopic (exact) mass is 342 g/mol. The molecule has 1 aromatic carbocycles. The fourth-order valence-electron chi connectivity index (χ4n) is 2.12. The number of alkyl halides is 1. The summed E-state index contributed by atoms with van der Waals surface area (Å²) in [6.45, 7) is 1.84. The molecule has 0 spiro atoms. The van der Waals surface area contributed by atoms with Crippen LogP contribution in [0, 0.1) is 6.92 Å². The van der Waals surface area contributed by atoms with Crippen LogP contribution in [0.15, 0.2) is 16.6 Å². The lowest BCUT2D eigenvalue weighted by molar-refractivity contribution is -0.132. The largest absolute Gasteiger partial charge is 0.355 e. The summed E-state index contributed by atoms with van der Waals surface area (Å²) in [5.41, 5.74) is -0.309. The third kappa shape index (κ3) is 2.70. The van der Waals surface area contributed by atoms with Gasteiger partial charge in [0.25, 0.3) is 11.8 Å². The van der Waals surface area contributed by atoms with Gasteiger partial charge in [-0.25, -0.2) is 4.39 Å². The first-order valence-corrected chi connectivity index (χ1v) is 7.19. The number of hydrogen-bond acceptors (Lipinski definition) is 2. The van der Waals surface area contributed by atoms with Crippen molar-refractivity contribution in [2.24, 2.45) is 0 Å². The van der Waals surface area contributed by atoms with Crippen LogP contribution in [0.3, 0.4) is 0 Å². The maximum Gasteiger partial charge on any atom is 0.262 e. The molecule has 0 bridgehead atoms. The fraction of sp³-hybridized carbons (Fsp3) is 0.429. The van der Waals surface area contributed by atoms with Gasteiger partial charge in [-0.1, -0.05) is 0 Å². The van der Waals surface area contributed by atoms with Crippen molar-refractivity contribution in [1.29, 1.82) is 0 Å². The van der Waals surface area contributed by atoms with E-state index in [1.54, 1.807) is 12.1 Å². The Morgan fingerprint density at radius 2 is 2.00 bits per heavy atom. The van der Waals surface area contributed by atoms with Gasteiger partial charge in [0.1, 0.15) is 0 Å². The Bertz CT molecular complexity index is 571. The van der Waals surface area contributed by atoms with Crippen LogP contribution in [0.5, 0.6) is 0 Å². The van der Waals surface area contributed by atoms with Gasteiger partial charge in [-0.3, -0.25) is 9.59 Å². The molecule has 0 saturated heterocycles. The zero-order valence-corrected chi connectivity index (χ0v) is 12.9. The zero-order valence-electron chi connectivity index (χ0n) is 11.3. The van der Waals surface area contributed by atoms with Crippen molar-refractivity contribution in [2.45, 2.75) is 31.9 Å². The van der Waals surface area contributed by atoms with Gasteiger partial charge in [-0.2, -0.15) is 0 Å². The highest BCUT2D eigenvalue weighted by Crippen LogP contribution is 2.38. The number of anilines is 1. The molecule has 0 atom stereocenters. The van der Waals surface area contributed by atoms with Gasteiger partial charge >= 0.3 is 0 Å². The number of carbonyl (C=O) groups excluding carboxylic acids is 2. The number of benzene rings is 1. The Balaban J connectivity index is 2.35. The topological polar surface area (TPSA) is 58.2 Å². The SMILES string of the molecule is CNC(=O)c1cc(C)cc(Br)c1NC(=O)C1(F)CCC1. The van der Waals surface area contributed by atoms with Crippen LogP contribution in [0.2, 0.25) is 0 Å². The van der Waals surface area contributed by atoms with E-state index in [-0.39, 0.29) is 18.7 Å². The van der Waals surface area contributed by atoms with E-state index < -0.39 is 11.6 Å². The molecule has 4 nitrogen and oxygen atoms in total. The smallest absolute Gasteiger partial charge is 0.262 e. The van der Waals surface area contributed by atoms with Gasteiger partial charge in [0, 0.05) is 11.5 Å². The first-order chi connectivity index (χ1) is 9.37. The molecule has 0 radical (unpaired) electrons. The lowest BCUT2D eigenvalue weighted by Gasteiger charge is -2.32. The molecule has 2 rings (SSSR count). The number of halogens is 2. The first-order valence-electron chi connectivity index (χ1n) is 6.40. The minimum absolute atomic E-state index is 0.234. The van der Waals surface area contributed by atoms with E-state index in [1.165, 1.54) is 7.05 Å². The highest BCUT2D eigenvalue weighted by molar-refractivity contribution is 9.10. The van der Waals surface area contributed by atoms with E-state index in [4.69, 9.17) is 0 Å². The van der Waals surface area contributed by atoms with Crippen molar-refractivity contribution in [3.63, 3.8) is 0 Å². The van der Waals surface area contributed by atoms with Gasteiger partial charge in [-0.15, -0.1) is 0 Å². The zero-order chi connectivity index (χ0) is 14.9. The Morgan fingerprint density at radius 3 is 2.50 bits per heavy atom. The van der Waals surface area contributed by atoms with Crippen LogP contribution in [0.1, 0.15) is 35.2 Å². The quantitative estimate of drug-likeness (QED) is 0.887. The lowest BCUT2D eigenvalue weighted by Crippen LogP contribution is -2.44. The highest BCUT2D eigenvalue weighted by atomic mass is 79.9. The minimum Gasteiger partial charge on any atom is -0.355 e. The van der Waals surface area contributed by atoms with Crippen molar-refractivity contribution in [3.05, 3.63) is 27.7 Å². The summed E-state index contributed by atoms with van der Waals surface area (Å²) in [5, 5.41) is 5.05. The predicted molar refractivity (Wildman–Crippen MR) is 78.6 cm³/mol. The van der Waals surface area contributed by atoms with Crippen LogP contribution < -0.4 is 10.6 Å². The number of amides is 2. The second-order valence-corrected chi connectivity index (χ2v) is 5.88. The Kier molecular flexibility index (Phi) is 4.13. The van der Waals surface area contributed by atoms with Gasteiger partial charge < -0.3 is 10.6 Å². The summed E-state index contributed by atoms with van der Waals surface area (Å²) in [7, 11) is 1.51. The number of aryl methyl sites for hydroxylation is 1. The molecule has 6 heteroatoms. The average Bonchev–Trinajstić information content (AvgIpc) is 2.37. The molecule has 1 aromatic rings. The molecule has 0 heterocycles. The summed E-state index contributed by atoms with van der Waals surface area (Å²) in [6.07, 6.45) is 1.18. The van der Waals surface area contributed by atoms with Crippen molar-refractivity contribution < 1.29 is 14.0 Å². The van der Waals surface area contributed by atoms with E-state index in [0.717, 1.165) is 5.56 Å². The van der Waals surface area contributed by atoms with E-state index in [9.17, 15) is 14.0 Å². The average molecular weight is 343 g/mol. The summed E-state index contributed by atoms with van der Waals surface area (Å²) in [6, 6.07) is 3.43. The number of nitrogens with one attached hydrogen (secondary N) is 2. The standard InChI is InChI=1S/C14H16BrFN2O2/c1-8-6-9(12(19)17-2)11(10(15)7-8)18-13(20)14(16)4-3-5-14/h6-7H,3-5H2,1-2H3,(H,17,19)(H,18,20). The minimum atomic E-state index is -1.80. The van der Waals surface area contributed by atoms with Crippen LogP contribution in [-0.4, -0.2) is 24.5 Å². The maximum absolute atomic E-state index is 14.1. The molecule has 0 unspecified atom stereocenters. The normalized spacial score (nSPS) is 16.2. The summed E-state index contributed by atoms with van der Waals surface area (Å²) >= 11 is 3.31. The lowest BCUT2D eigenvalue weighted by atomic mass is 9.81. The number of hydrogen-bond donors (Lipinski definition) is 2. The highest BCUT2D eigenvalue weighted by Gasteiger charge is 2.45. The van der Waals surface area contributed by atoms with Gasteiger partial charge in [0.15, 0.2) is 5.67 Å². The van der Waals surface area contributed by atoms with Crippen LogP contribution in [0.25, 0.3) is 0 Å². The molecule has 108 valence electrons. The number of rotatable bonds is 3. The van der Waals surface area contributed by atoms with Crippen molar-refractivity contribution >= 4 is 33.4 Å². The Hall–Kier alpha value is -1.43. The summed E-state index contributed by atoms with van der Waals surface area (Å²) in [4.78, 5) is 23.9. The van der Waals surface area contributed by atoms with E-state index in [1.807, 2.05) is 6.92 Å². The molecular weight excluding hydrogens is 327 g/mol. The molecule has 1 fully saturated rings. The van der Waals surface area contributed by atoms with Crippen LogP contribution in [-0.2, 0) is 4.79 Å². The summed E-state index contributed by atoms with van der Waals surface area (Å²) in [5.74, 6) is -1.01. The van der Waals surface area contributed by atoms with Crippen LogP contribution >= 0.6 is 15.9 Å². The molecule has 1 saturated carbocycles. The molecular formula is C14H16BrFN2O2. The summed E-state index contributed by atoms with van der Waals surface area (Å²) < 4.78 is 14.6. The molecule has 0 aromatic heterocycles. The molecule has 2 amide bonds. The molecule has 0 aliphatic heterocycles. The van der Waals surface area contributed by atoms with Gasteiger partial charge in [0.2, 0.25) is 0 Å². The molecule has 20 heavy (non-hydrogen) atoms. The fourth-order valence-corrected chi connectivity index (χ4v) is 2.80. The van der Waals surface area contributed by atoms with Gasteiger partial charge in [-0.05, 0) is 59.8 Å². The molecule has 1 aliphatic carbocycles. The van der Waals surface area contributed by atoms with E-state index in [2.05, 4.69) is 26.6 Å². The molecule has 1 aliphatic rings. The van der Waals surface area contributed by atoms with Crippen molar-refractivity contribution in [1.82, 2.24) is 5.32 Å². The Labute approximate surface area is 125 Å². The third-order valence-electron chi connectivity index (χ3n) is 3.50. The second-order valence-electron chi connectivity index (χ2n) is 5.02. The predicted octanol–water partition coefficient (Wildman–Crippen LogP) is 2.95. The van der Waals surface area contributed by atoms with E-state index in [0.29, 0.717) is 22.1 Å². The second kappa shape index (κ2) is 5.52. The number of carbonyl (C=O) groups is 2. The maximum atomic E-state index is 14.1. The van der Waals surface area contributed by atoms with Crippen molar-refractivity contribution in [2.75, 3.05) is 12.4 Å². The van der Waals surface area contributed by atoms with Crippen LogP contribution in [0.4, 0.5) is 10.1 Å². The van der Waals surface area contributed by atoms with Crippen molar-refractivity contribution in [3.8, 4) is 0 Å². The third-order valence-corrected chi connectivity index (χ3v) is 4.12. The Morgan fingerprint density at radius 1 is 1.35 bits per heavy atom.